The van der Waals surface area contributed by atoms with Crippen LogP contribution in [0.1, 0.15) is 19.0 Å². The lowest BCUT2D eigenvalue weighted by Crippen LogP contribution is -2.48. The molecule has 0 aliphatic carbocycles. The number of aromatic amines is 1. The third-order valence-corrected chi connectivity index (χ3v) is 5.34. The summed E-state index contributed by atoms with van der Waals surface area (Å²) in [6.07, 6.45) is 0.797. The van der Waals surface area contributed by atoms with Crippen LogP contribution in [0.4, 0.5) is 10.3 Å². The highest BCUT2D eigenvalue weighted by Gasteiger charge is 2.40. The van der Waals surface area contributed by atoms with Gasteiger partial charge in [0.2, 0.25) is 18.1 Å². The molecule has 10 nitrogen and oxygen atoms in total. The summed E-state index contributed by atoms with van der Waals surface area (Å²) in [6, 6.07) is 9.60. The number of hydrogen-bond acceptors (Lipinski definition) is 8. The smallest absolute Gasteiger partial charge is 0.231 e. The van der Waals surface area contributed by atoms with Crippen molar-refractivity contribution in [1.82, 2.24) is 25.3 Å². The highest BCUT2D eigenvalue weighted by molar-refractivity contribution is 5.83. The topological polar surface area (TPSA) is 129 Å². The van der Waals surface area contributed by atoms with E-state index in [4.69, 9.17) is 14.7 Å². The van der Waals surface area contributed by atoms with Crippen LogP contribution in [0, 0.1) is 22.6 Å². The van der Waals surface area contributed by atoms with E-state index >= 15 is 0 Å². The lowest BCUT2D eigenvalue weighted by Gasteiger charge is -2.35. The molecule has 3 heterocycles. The molecular formula is C23H24FN7O3. The lowest BCUT2D eigenvalue weighted by atomic mass is 9.91. The first-order valence-electron chi connectivity index (χ1n) is 10.6. The van der Waals surface area contributed by atoms with Gasteiger partial charge in [-0.25, -0.2) is 19.3 Å². The van der Waals surface area contributed by atoms with Crippen LogP contribution in [0.3, 0.4) is 0 Å². The Morgan fingerprint density at radius 1 is 1.26 bits per heavy atom. The van der Waals surface area contributed by atoms with E-state index in [-0.39, 0.29) is 31.5 Å². The molecule has 1 aliphatic rings. The molecule has 0 saturated carbocycles. The SMILES string of the molecule is CN(C)c1nccc(-c2[nH]c(C3OCC(C)(C(=O)NCC#N)CO3)nc2-c2ccc(F)cc2)n1. The number of anilines is 1. The van der Waals surface area contributed by atoms with Gasteiger partial charge in [-0.05, 0) is 37.3 Å². The highest BCUT2D eigenvalue weighted by atomic mass is 19.1. The molecule has 0 spiro atoms. The van der Waals surface area contributed by atoms with Gasteiger partial charge in [0.15, 0.2) is 5.82 Å². The first-order valence-corrected chi connectivity index (χ1v) is 10.6. The fourth-order valence-electron chi connectivity index (χ4n) is 3.44. The largest absolute Gasteiger partial charge is 0.347 e. The number of rotatable bonds is 6. The number of carbonyl (C=O) groups is 1. The van der Waals surface area contributed by atoms with Crippen LogP contribution in [0.15, 0.2) is 36.5 Å². The molecule has 1 aliphatic heterocycles. The zero-order chi connectivity index (χ0) is 24.3. The molecule has 1 aromatic carbocycles. The van der Waals surface area contributed by atoms with Crippen LogP contribution in [0.5, 0.6) is 0 Å². The maximum Gasteiger partial charge on any atom is 0.231 e. The molecule has 176 valence electrons. The number of aromatic nitrogens is 4. The van der Waals surface area contributed by atoms with Crippen LogP contribution in [-0.4, -0.2) is 59.7 Å². The molecule has 0 radical (unpaired) electrons. The molecule has 1 saturated heterocycles. The summed E-state index contributed by atoms with van der Waals surface area (Å²) in [5.74, 6) is 0.226. The Hall–Kier alpha value is -3.88. The molecule has 1 amide bonds. The van der Waals surface area contributed by atoms with Gasteiger partial charge in [-0.1, -0.05) is 0 Å². The zero-order valence-corrected chi connectivity index (χ0v) is 19.0. The molecule has 3 aromatic rings. The summed E-state index contributed by atoms with van der Waals surface area (Å²) >= 11 is 0. The number of carbonyl (C=O) groups excluding carboxylic acids is 1. The van der Waals surface area contributed by atoms with Crippen LogP contribution in [-0.2, 0) is 14.3 Å². The molecule has 0 bridgehead atoms. The van der Waals surface area contributed by atoms with E-state index in [2.05, 4.69) is 25.3 Å². The Bertz CT molecular complexity index is 1210. The van der Waals surface area contributed by atoms with E-state index in [1.807, 2.05) is 20.2 Å². The summed E-state index contributed by atoms with van der Waals surface area (Å²) in [6.45, 7) is 1.77. The van der Waals surface area contributed by atoms with Crippen molar-refractivity contribution in [2.75, 3.05) is 38.8 Å². The molecular weight excluding hydrogens is 441 g/mol. The maximum absolute atomic E-state index is 13.5. The monoisotopic (exact) mass is 465 g/mol. The second-order valence-electron chi connectivity index (χ2n) is 8.34. The molecule has 11 heteroatoms. The Balaban J connectivity index is 1.65. The minimum absolute atomic E-state index is 0.0785. The molecule has 2 N–H and O–H groups in total. The van der Waals surface area contributed by atoms with Crippen molar-refractivity contribution in [3.8, 4) is 28.7 Å². The van der Waals surface area contributed by atoms with Gasteiger partial charge in [0.05, 0.1) is 41.8 Å². The van der Waals surface area contributed by atoms with Gasteiger partial charge in [0.25, 0.3) is 0 Å². The van der Waals surface area contributed by atoms with E-state index < -0.39 is 11.7 Å². The number of benzene rings is 1. The van der Waals surface area contributed by atoms with Gasteiger partial charge >= 0.3 is 0 Å². The van der Waals surface area contributed by atoms with E-state index in [0.717, 1.165) is 0 Å². The molecule has 0 unspecified atom stereocenters. The first kappa shape index (κ1) is 23.3. The number of amides is 1. The number of halogens is 1. The average molecular weight is 465 g/mol. The van der Waals surface area contributed by atoms with Crippen molar-refractivity contribution in [1.29, 1.82) is 5.26 Å². The van der Waals surface area contributed by atoms with Crippen molar-refractivity contribution in [2.45, 2.75) is 13.2 Å². The van der Waals surface area contributed by atoms with Crippen molar-refractivity contribution in [2.24, 2.45) is 5.41 Å². The summed E-state index contributed by atoms with van der Waals surface area (Å²) < 4.78 is 25.2. The first-order chi connectivity index (χ1) is 16.3. The Morgan fingerprint density at radius 3 is 2.62 bits per heavy atom. The third kappa shape index (κ3) is 4.73. The van der Waals surface area contributed by atoms with Crippen LogP contribution in [0.25, 0.3) is 22.6 Å². The number of H-pyrrole nitrogens is 1. The quantitative estimate of drug-likeness (QED) is 0.531. The van der Waals surface area contributed by atoms with E-state index in [1.165, 1.54) is 12.1 Å². The number of ether oxygens (including phenoxy) is 2. The van der Waals surface area contributed by atoms with Gasteiger partial charge in [0.1, 0.15) is 12.4 Å². The summed E-state index contributed by atoms with van der Waals surface area (Å²) in [4.78, 5) is 30.9. The van der Waals surface area contributed by atoms with E-state index in [1.54, 1.807) is 36.2 Å². The van der Waals surface area contributed by atoms with Crippen LogP contribution >= 0.6 is 0 Å². The molecule has 1 fully saturated rings. The van der Waals surface area contributed by atoms with Gasteiger partial charge < -0.3 is 24.7 Å². The minimum atomic E-state index is -0.935. The predicted octanol–water partition coefficient (Wildman–Crippen LogP) is 2.43. The predicted molar refractivity (Wildman–Crippen MR) is 121 cm³/mol. The Labute approximate surface area is 195 Å². The second-order valence-corrected chi connectivity index (χ2v) is 8.34. The van der Waals surface area contributed by atoms with E-state index in [9.17, 15) is 9.18 Å². The number of hydrogen-bond donors (Lipinski definition) is 2. The number of nitrogens with one attached hydrogen (secondary N) is 2. The Morgan fingerprint density at radius 2 is 1.97 bits per heavy atom. The number of nitrogens with zero attached hydrogens (tertiary/aromatic N) is 5. The fraction of sp³-hybridized carbons (Fsp3) is 0.348. The fourth-order valence-corrected chi connectivity index (χ4v) is 3.44. The van der Waals surface area contributed by atoms with Crippen molar-refractivity contribution >= 4 is 11.9 Å². The summed E-state index contributed by atoms with van der Waals surface area (Å²) in [5, 5.41) is 11.2. The average Bonchev–Trinajstić information content (AvgIpc) is 3.29. The second kappa shape index (κ2) is 9.54. The summed E-state index contributed by atoms with van der Waals surface area (Å²) in [7, 11) is 3.68. The normalized spacial score (nSPS) is 19.9. The standard InChI is InChI=1S/C23H24FN7O3/c1-23(21(32)26-11-9-25)12-33-20(34-13-23)19-29-17(14-4-6-15(24)7-5-14)18(30-19)16-8-10-27-22(28-16)31(2)3/h4-8,10,20H,11-13H2,1-3H3,(H,26,32)(H,29,30). The van der Waals surface area contributed by atoms with Crippen molar-refractivity contribution in [3.05, 3.63) is 48.2 Å². The molecule has 2 aromatic heterocycles. The maximum atomic E-state index is 13.5. The minimum Gasteiger partial charge on any atom is -0.347 e. The number of nitriles is 1. The van der Waals surface area contributed by atoms with Gasteiger partial charge in [0, 0.05) is 25.9 Å². The zero-order valence-electron chi connectivity index (χ0n) is 19.0. The Kier molecular flexibility index (Phi) is 6.54. The molecule has 34 heavy (non-hydrogen) atoms. The highest BCUT2D eigenvalue weighted by Crippen LogP contribution is 2.35. The van der Waals surface area contributed by atoms with Gasteiger partial charge in [-0.15, -0.1) is 0 Å². The van der Waals surface area contributed by atoms with Gasteiger partial charge in [-0.3, -0.25) is 4.79 Å². The molecule has 0 atom stereocenters. The third-order valence-electron chi connectivity index (χ3n) is 5.34. The van der Waals surface area contributed by atoms with Gasteiger partial charge in [-0.2, -0.15) is 5.26 Å². The van der Waals surface area contributed by atoms with Crippen molar-refractivity contribution in [3.63, 3.8) is 0 Å². The van der Waals surface area contributed by atoms with Crippen LogP contribution in [0.2, 0.25) is 0 Å². The number of imidazole rings is 1. The van der Waals surface area contributed by atoms with Crippen molar-refractivity contribution < 1.29 is 18.7 Å². The van der Waals surface area contributed by atoms with E-state index in [0.29, 0.717) is 34.4 Å². The molecule has 4 rings (SSSR count). The van der Waals surface area contributed by atoms with Crippen LogP contribution < -0.4 is 10.2 Å². The lowest BCUT2D eigenvalue weighted by molar-refractivity contribution is -0.230. The summed E-state index contributed by atoms with van der Waals surface area (Å²) in [5.41, 5.74) is 1.48.